The van der Waals surface area contributed by atoms with Gasteiger partial charge in [-0.15, -0.1) is 0 Å². The molecule has 1 aliphatic heterocycles. The van der Waals surface area contributed by atoms with Crippen molar-refractivity contribution in [2.24, 2.45) is 11.8 Å². The van der Waals surface area contributed by atoms with Crippen molar-refractivity contribution in [2.45, 2.75) is 72.4 Å². The number of carboxylic acids is 1. The van der Waals surface area contributed by atoms with E-state index in [4.69, 9.17) is 9.47 Å². The number of hydrogen-bond donors (Lipinski definition) is 1. The maximum atomic E-state index is 13.0. The van der Waals surface area contributed by atoms with Gasteiger partial charge in [0.25, 0.3) is 0 Å². The first-order chi connectivity index (χ1) is 13.5. The number of carbonyl (C=O) groups is 2. The van der Waals surface area contributed by atoms with Gasteiger partial charge in [0, 0.05) is 5.57 Å². The molecule has 1 aliphatic rings. The quantitative estimate of drug-likeness (QED) is 0.659. The highest BCUT2D eigenvalue weighted by Crippen LogP contribution is 2.37. The fourth-order valence-corrected chi connectivity index (χ4v) is 3.71. The van der Waals surface area contributed by atoms with Crippen LogP contribution >= 0.6 is 0 Å². The predicted octanol–water partition coefficient (Wildman–Crippen LogP) is 4.84. The van der Waals surface area contributed by atoms with Crippen LogP contribution in [-0.2, 0) is 20.9 Å². The van der Waals surface area contributed by atoms with Crippen molar-refractivity contribution in [1.29, 1.82) is 0 Å². The SMILES string of the molecule is CC(C)C[C@H]1[C@H](C=C(C(=O)O)C(C)C)OC(C)(C)N1C(=O)OCc1ccccc1. The van der Waals surface area contributed by atoms with E-state index in [-0.39, 0.29) is 18.6 Å². The second kappa shape index (κ2) is 9.44. The molecule has 0 spiro atoms. The second-order valence-electron chi connectivity index (χ2n) is 8.72. The molecule has 1 aromatic carbocycles. The normalized spacial score (nSPS) is 21.7. The van der Waals surface area contributed by atoms with Crippen LogP contribution < -0.4 is 0 Å². The minimum atomic E-state index is -0.963. The fraction of sp³-hybridized carbons (Fsp3) is 0.565. The predicted molar refractivity (Wildman–Crippen MR) is 111 cm³/mol. The highest BCUT2D eigenvalue weighted by molar-refractivity contribution is 5.87. The number of aliphatic carboxylic acids is 1. The van der Waals surface area contributed by atoms with Gasteiger partial charge in [-0.2, -0.15) is 0 Å². The molecule has 1 heterocycles. The lowest BCUT2D eigenvalue weighted by atomic mass is 9.94. The first-order valence-corrected chi connectivity index (χ1v) is 10.2. The van der Waals surface area contributed by atoms with Crippen LogP contribution in [0.5, 0.6) is 0 Å². The smallest absolute Gasteiger partial charge is 0.412 e. The summed E-state index contributed by atoms with van der Waals surface area (Å²) in [6, 6.07) is 9.20. The molecule has 2 atom stereocenters. The molecule has 160 valence electrons. The molecule has 0 bridgehead atoms. The molecule has 0 aliphatic carbocycles. The van der Waals surface area contributed by atoms with Crippen molar-refractivity contribution in [3.05, 3.63) is 47.5 Å². The Morgan fingerprint density at radius 3 is 2.34 bits per heavy atom. The molecule has 1 saturated heterocycles. The summed E-state index contributed by atoms with van der Waals surface area (Å²) >= 11 is 0. The maximum Gasteiger partial charge on any atom is 0.412 e. The van der Waals surface area contributed by atoms with Crippen molar-refractivity contribution >= 4 is 12.1 Å². The van der Waals surface area contributed by atoms with Crippen LogP contribution in [0.1, 0.15) is 53.5 Å². The Bertz CT molecular complexity index is 739. The summed E-state index contributed by atoms with van der Waals surface area (Å²) in [4.78, 5) is 26.3. The fourth-order valence-electron chi connectivity index (χ4n) is 3.71. The summed E-state index contributed by atoms with van der Waals surface area (Å²) in [5, 5.41) is 9.56. The van der Waals surface area contributed by atoms with Gasteiger partial charge in [0.2, 0.25) is 0 Å². The molecular formula is C23H33NO5. The number of nitrogens with zero attached hydrogens (tertiary/aromatic N) is 1. The number of benzene rings is 1. The van der Waals surface area contributed by atoms with Gasteiger partial charge in [0.1, 0.15) is 12.3 Å². The summed E-state index contributed by atoms with van der Waals surface area (Å²) in [6.07, 6.45) is 1.37. The molecule has 0 radical (unpaired) electrons. The second-order valence-corrected chi connectivity index (χ2v) is 8.72. The zero-order chi connectivity index (χ0) is 21.8. The lowest BCUT2D eigenvalue weighted by molar-refractivity contribution is -0.133. The maximum absolute atomic E-state index is 13.0. The van der Waals surface area contributed by atoms with Crippen LogP contribution in [0.2, 0.25) is 0 Å². The lowest BCUT2D eigenvalue weighted by Crippen LogP contribution is -2.49. The van der Waals surface area contributed by atoms with Gasteiger partial charge < -0.3 is 14.6 Å². The van der Waals surface area contributed by atoms with Gasteiger partial charge in [-0.25, -0.2) is 9.59 Å². The minimum Gasteiger partial charge on any atom is -0.478 e. The number of carboxylic acid groups (broad SMARTS) is 1. The Kier molecular flexibility index (Phi) is 7.47. The third-order valence-electron chi connectivity index (χ3n) is 5.04. The van der Waals surface area contributed by atoms with Crippen molar-refractivity contribution in [2.75, 3.05) is 0 Å². The Morgan fingerprint density at radius 2 is 1.83 bits per heavy atom. The van der Waals surface area contributed by atoms with Crippen LogP contribution in [0.25, 0.3) is 0 Å². The van der Waals surface area contributed by atoms with E-state index < -0.39 is 23.9 Å². The van der Waals surface area contributed by atoms with E-state index in [9.17, 15) is 14.7 Å². The average Bonchev–Trinajstić information content (AvgIpc) is 2.87. The standard InChI is InChI=1S/C23H33NO5/c1-15(2)12-19-20(13-18(16(3)4)21(25)26)29-23(5,6)24(19)22(27)28-14-17-10-8-7-9-11-17/h7-11,13,15-16,19-20H,12,14H2,1-6H3,(H,25,26)/t19-,20-/m0/s1. The third kappa shape index (κ3) is 5.82. The zero-order valence-electron chi connectivity index (χ0n) is 18.2. The minimum absolute atomic E-state index is 0.155. The summed E-state index contributed by atoms with van der Waals surface area (Å²) in [7, 11) is 0. The van der Waals surface area contributed by atoms with Gasteiger partial charge >= 0.3 is 12.1 Å². The molecule has 6 nitrogen and oxygen atoms in total. The Labute approximate surface area is 173 Å². The molecule has 1 aromatic rings. The molecule has 2 rings (SSSR count). The first-order valence-electron chi connectivity index (χ1n) is 10.2. The van der Waals surface area contributed by atoms with Crippen LogP contribution in [0.15, 0.2) is 42.0 Å². The summed E-state index contributed by atoms with van der Waals surface area (Å²) in [6.45, 7) is 11.6. The van der Waals surface area contributed by atoms with E-state index in [0.29, 0.717) is 17.9 Å². The number of hydrogen-bond acceptors (Lipinski definition) is 4. The summed E-state index contributed by atoms with van der Waals surface area (Å²) in [5.74, 6) is -0.821. The number of carbonyl (C=O) groups excluding carboxylic acids is 1. The van der Waals surface area contributed by atoms with E-state index >= 15 is 0 Å². The van der Waals surface area contributed by atoms with Crippen molar-refractivity contribution < 1.29 is 24.2 Å². The largest absolute Gasteiger partial charge is 0.478 e. The van der Waals surface area contributed by atoms with E-state index in [2.05, 4.69) is 13.8 Å². The van der Waals surface area contributed by atoms with Crippen LogP contribution in [0.3, 0.4) is 0 Å². The monoisotopic (exact) mass is 403 g/mol. The molecule has 0 saturated carbocycles. The van der Waals surface area contributed by atoms with Gasteiger partial charge in [0.05, 0.1) is 12.1 Å². The first kappa shape index (κ1) is 22.9. The highest BCUT2D eigenvalue weighted by Gasteiger charge is 2.50. The molecule has 0 unspecified atom stereocenters. The molecule has 1 fully saturated rings. The number of ether oxygens (including phenoxy) is 2. The Hall–Kier alpha value is -2.34. The molecule has 0 aromatic heterocycles. The topological polar surface area (TPSA) is 76.1 Å². The summed E-state index contributed by atoms with van der Waals surface area (Å²) in [5.41, 5.74) is 0.289. The highest BCUT2D eigenvalue weighted by atomic mass is 16.6. The average molecular weight is 404 g/mol. The van der Waals surface area contributed by atoms with Gasteiger partial charge in [-0.05, 0) is 43.7 Å². The number of amides is 1. The van der Waals surface area contributed by atoms with Crippen molar-refractivity contribution in [1.82, 2.24) is 4.90 Å². The lowest BCUT2D eigenvalue weighted by Gasteiger charge is -2.33. The van der Waals surface area contributed by atoms with Gasteiger partial charge in [0.15, 0.2) is 0 Å². The van der Waals surface area contributed by atoms with E-state index in [1.54, 1.807) is 11.0 Å². The van der Waals surface area contributed by atoms with E-state index in [0.717, 1.165) is 5.56 Å². The molecule has 6 heteroatoms. The number of rotatable bonds is 7. The van der Waals surface area contributed by atoms with Gasteiger partial charge in [-0.1, -0.05) is 58.0 Å². The van der Waals surface area contributed by atoms with E-state index in [1.807, 2.05) is 58.0 Å². The van der Waals surface area contributed by atoms with Crippen LogP contribution in [-0.4, -0.2) is 39.9 Å². The van der Waals surface area contributed by atoms with E-state index in [1.165, 1.54) is 0 Å². The van der Waals surface area contributed by atoms with Crippen molar-refractivity contribution in [3.8, 4) is 0 Å². The van der Waals surface area contributed by atoms with Crippen LogP contribution in [0.4, 0.5) is 4.79 Å². The molecule has 1 amide bonds. The molecular weight excluding hydrogens is 370 g/mol. The Morgan fingerprint density at radius 1 is 1.21 bits per heavy atom. The molecule has 29 heavy (non-hydrogen) atoms. The van der Waals surface area contributed by atoms with Crippen molar-refractivity contribution in [3.63, 3.8) is 0 Å². The zero-order valence-corrected chi connectivity index (χ0v) is 18.2. The summed E-state index contributed by atoms with van der Waals surface area (Å²) < 4.78 is 11.7. The third-order valence-corrected chi connectivity index (χ3v) is 5.04. The van der Waals surface area contributed by atoms with Gasteiger partial charge in [-0.3, -0.25) is 4.90 Å². The molecule has 1 N–H and O–H groups in total. The van der Waals surface area contributed by atoms with Crippen LogP contribution in [0, 0.1) is 11.8 Å². The Balaban J connectivity index is 2.29.